The van der Waals surface area contributed by atoms with Crippen molar-refractivity contribution in [3.8, 4) is 0 Å². The van der Waals surface area contributed by atoms with Gasteiger partial charge in [-0.1, -0.05) is 18.6 Å². The van der Waals surface area contributed by atoms with Gasteiger partial charge in [0.05, 0.1) is 5.51 Å². The molecule has 1 aliphatic rings. The third kappa shape index (κ3) is 2.89. The number of nitrogens with one attached hydrogen (secondary N) is 1. The molecule has 0 fully saturated rings. The van der Waals surface area contributed by atoms with Gasteiger partial charge in [-0.2, -0.15) is 0 Å². The van der Waals surface area contributed by atoms with Crippen molar-refractivity contribution in [1.29, 1.82) is 0 Å². The lowest BCUT2D eigenvalue weighted by Gasteiger charge is -2.12. The Bertz CT molecular complexity index is 345. The SMILES string of the molecule is O=C(NC1C=CCCCC1)c1cscn1. The van der Waals surface area contributed by atoms with E-state index in [1.807, 2.05) is 0 Å². The minimum absolute atomic E-state index is 0.0622. The van der Waals surface area contributed by atoms with Gasteiger partial charge in [0.1, 0.15) is 5.69 Å². The van der Waals surface area contributed by atoms with E-state index in [-0.39, 0.29) is 11.9 Å². The zero-order valence-corrected chi connectivity index (χ0v) is 9.30. The highest BCUT2D eigenvalue weighted by Gasteiger charge is 2.13. The quantitative estimate of drug-likeness (QED) is 0.781. The van der Waals surface area contributed by atoms with E-state index in [0.717, 1.165) is 12.8 Å². The molecule has 0 saturated carbocycles. The van der Waals surface area contributed by atoms with Gasteiger partial charge in [-0.15, -0.1) is 11.3 Å². The molecule has 0 saturated heterocycles. The van der Waals surface area contributed by atoms with Crippen LogP contribution in [0.15, 0.2) is 23.0 Å². The summed E-state index contributed by atoms with van der Waals surface area (Å²) in [5, 5.41) is 4.75. The Balaban J connectivity index is 1.93. The highest BCUT2D eigenvalue weighted by molar-refractivity contribution is 7.07. The van der Waals surface area contributed by atoms with Gasteiger partial charge in [0.25, 0.3) is 5.91 Å². The molecule has 1 unspecified atom stereocenters. The molecular weight excluding hydrogens is 208 g/mol. The van der Waals surface area contributed by atoms with Crippen LogP contribution in [0.4, 0.5) is 0 Å². The summed E-state index contributed by atoms with van der Waals surface area (Å²) in [6, 6.07) is 0.182. The third-order valence-electron chi connectivity index (χ3n) is 2.49. The van der Waals surface area contributed by atoms with Gasteiger partial charge in [0, 0.05) is 11.4 Å². The normalized spacial score (nSPS) is 20.9. The summed E-state index contributed by atoms with van der Waals surface area (Å²) in [5.74, 6) is -0.0622. The largest absolute Gasteiger partial charge is 0.344 e. The number of amides is 1. The summed E-state index contributed by atoms with van der Waals surface area (Å²) in [5.41, 5.74) is 2.20. The van der Waals surface area contributed by atoms with Crippen LogP contribution in [-0.2, 0) is 0 Å². The Labute approximate surface area is 93.2 Å². The number of thiazole rings is 1. The van der Waals surface area contributed by atoms with Gasteiger partial charge in [-0.3, -0.25) is 4.79 Å². The molecule has 4 heteroatoms. The van der Waals surface area contributed by atoms with Crippen molar-refractivity contribution in [1.82, 2.24) is 10.3 Å². The molecule has 1 N–H and O–H groups in total. The number of aromatic nitrogens is 1. The average Bonchev–Trinajstić information content (AvgIpc) is 2.65. The monoisotopic (exact) mass is 222 g/mol. The molecule has 0 aliphatic heterocycles. The van der Waals surface area contributed by atoms with Crippen molar-refractivity contribution in [3.63, 3.8) is 0 Å². The fraction of sp³-hybridized carbons (Fsp3) is 0.455. The van der Waals surface area contributed by atoms with Crippen LogP contribution >= 0.6 is 11.3 Å². The van der Waals surface area contributed by atoms with Crippen LogP contribution in [0.3, 0.4) is 0 Å². The first-order valence-corrected chi connectivity index (χ1v) is 6.16. The summed E-state index contributed by atoms with van der Waals surface area (Å²) >= 11 is 1.44. The Morgan fingerprint density at radius 3 is 3.27 bits per heavy atom. The van der Waals surface area contributed by atoms with Gasteiger partial charge in [-0.05, 0) is 19.3 Å². The number of carbonyl (C=O) groups is 1. The highest BCUT2D eigenvalue weighted by Crippen LogP contribution is 2.11. The molecule has 0 aromatic carbocycles. The van der Waals surface area contributed by atoms with Crippen molar-refractivity contribution in [2.75, 3.05) is 0 Å². The van der Waals surface area contributed by atoms with Crippen molar-refractivity contribution in [3.05, 3.63) is 28.7 Å². The number of rotatable bonds is 2. The molecule has 0 spiro atoms. The van der Waals surface area contributed by atoms with Crippen LogP contribution in [0.2, 0.25) is 0 Å². The van der Waals surface area contributed by atoms with Gasteiger partial charge in [0.15, 0.2) is 0 Å². The van der Waals surface area contributed by atoms with E-state index in [9.17, 15) is 4.79 Å². The van der Waals surface area contributed by atoms with E-state index in [4.69, 9.17) is 0 Å². The van der Waals surface area contributed by atoms with Gasteiger partial charge < -0.3 is 5.32 Å². The second kappa shape index (κ2) is 5.07. The van der Waals surface area contributed by atoms with Gasteiger partial charge >= 0.3 is 0 Å². The van der Waals surface area contributed by atoms with E-state index in [1.165, 1.54) is 24.2 Å². The minimum Gasteiger partial charge on any atom is -0.344 e. The molecular formula is C11H14N2OS. The predicted molar refractivity (Wildman–Crippen MR) is 61.0 cm³/mol. The molecule has 1 aliphatic carbocycles. The van der Waals surface area contributed by atoms with Crippen LogP contribution < -0.4 is 5.32 Å². The molecule has 1 aromatic rings. The zero-order chi connectivity index (χ0) is 10.5. The van der Waals surface area contributed by atoms with Crippen molar-refractivity contribution >= 4 is 17.2 Å². The second-order valence-corrected chi connectivity index (χ2v) is 4.38. The average molecular weight is 222 g/mol. The maximum atomic E-state index is 11.7. The minimum atomic E-state index is -0.0622. The number of hydrogen-bond acceptors (Lipinski definition) is 3. The standard InChI is InChI=1S/C11H14N2OS/c14-11(10-7-15-8-12-10)13-9-5-3-1-2-4-6-9/h3,5,7-9H,1-2,4,6H2,(H,13,14). The van der Waals surface area contributed by atoms with Crippen LogP contribution in [0.1, 0.15) is 36.2 Å². The summed E-state index contributed by atoms with van der Waals surface area (Å²) in [4.78, 5) is 15.7. The number of hydrogen-bond donors (Lipinski definition) is 1. The lowest BCUT2D eigenvalue weighted by Crippen LogP contribution is -2.33. The number of carbonyl (C=O) groups excluding carboxylic acids is 1. The van der Waals surface area contributed by atoms with E-state index in [1.54, 1.807) is 10.9 Å². The highest BCUT2D eigenvalue weighted by atomic mass is 32.1. The molecule has 2 rings (SSSR count). The molecule has 15 heavy (non-hydrogen) atoms. The Morgan fingerprint density at radius 2 is 2.47 bits per heavy atom. The molecule has 1 heterocycles. The lowest BCUT2D eigenvalue weighted by atomic mass is 10.1. The maximum Gasteiger partial charge on any atom is 0.271 e. The molecule has 1 amide bonds. The van der Waals surface area contributed by atoms with Crippen molar-refractivity contribution < 1.29 is 4.79 Å². The van der Waals surface area contributed by atoms with Gasteiger partial charge in [0.2, 0.25) is 0 Å². The van der Waals surface area contributed by atoms with E-state index in [0.29, 0.717) is 5.69 Å². The second-order valence-electron chi connectivity index (χ2n) is 3.67. The van der Waals surface area contributed by atoms with E-state index in [2.05, 4.69) is 22.5 Å². The summed E-state index contributed by atoms with van der Waals surface area (Å²) in [6.07, 6.45) is 8.81. The Kier molecular flexibility index (Phi) is 3.50. The molecule has 0 radical (unpaired) electrons. The molecule has 1 atom stereocenters. The summed E-state index contributed by atoms with van der Waals surface area (Å²) in [7, 11) is 0. The number of nitrogens with zero attached hydrogens (tertiary/aromatic N) is 1. The summed E-state index contributed by atoms with van der Waals surface area (Å²) < 4.78 is 0. The smallest absolute Gasteiger partial charge is 0.271 e. The lowest BCUT2D eigenvalue weighted by molar-refractivity contribution is 0.0938. The van der Waals surface area contributed by atoms with Crippen LogP contribution in [-0.4, -0.2) is 16.9 Å². The maximum absolute atomic E-state index is 11.7. The molecule has 3 nitrogen and oxygen atoms in total. The first-order chi connectivity index (χ1) is 7.36. The van der Waals surface area contributed by atoms with E-state index < -0.39 is 0 Å². The molecule has 80 valence electrons. The predicted octanol–water partition coefficient (Wildman–Crippen LogP) is 2.37. The first-order valence-electron chi connectivity index (χ1n) is 5.22. The first kappa shape index (κ1) is 10.4. The van der Waals surface area contributed by atoms with Crippen molar-refractivity contribution in [2.24, 2.45) is 0 Å². The van der Waals surface area contributed by atoms with Crippen LogP contribution in [0.5, 0.6) is 0 Å². The number of allylic oxidation sites excluding steroid dienone is 1. The Morgan fingerprint density at radius 1 is 1.53 bits per heavy atom. The zero-order valence-electron chi connectivity index (χ0n) is 8.48. The van der Waals surface area contributed by atoms with E-state index >= 15 is 0 Å². The topological polar surface area (TPSA) is 42.0 Å². The van der Waals surface area contributed by atoms with Gasteiger partial charge in [-0.25, -0.2) is 4.98 Å². The van der Waals surface area contributed by atoms with Crippen LogP contribution in [0.25, 0.3) is 0 Å². The molecule has 0 bridgehead atoms. The summed E-state index contributed by atoms with van der Waals surface area (Å²) in [6.45, 7) is 0. The van der Waals surface area contributed by atoms with Crippen molar-refractivity contribution in [2.45, 2.75) is 31.7 Å². The fourth-order valence-corrected chi connectivity index (χ4v) is 2.20. The van der Waals surface area contributed by atoms with Crippen LogP contribution in [0, 0.1) is 0 Å². The third-order valence-corrected chi connectivity index (χ3v) is 3.07. The molecule has 1 aromatic heterocycles. The Hall–Kier alpha value is -1.16. The fourth-order valence-electron chi connectivity index (χ4n) is 1.67.